The third-order valence-electron chi connectivity index (χ3n) is 3.04. The smallest absolute Gasteiger partial charge is 0.204 e. The van der Waals surface area contributed by atoms with Crippen molar-refractivity contribution in [2.24, 2.45) is 4.99 Å². The Morgan fingerprint density at radius 2 is 2.24 bits per heavy atom. The number of aromatic nitrogens is 4. The maximum Gasteiger partial charge on any atom is 0.204 e. The average Bonchev–Trinajstić information content (AvgIpc) is 3.14. The lowest BCUT2D eigenvalue weighted by molar-refractivity contribution is 0.881. The van der Waals surface area contributed by atoms with Gasteiger partial charge in [0.1, 0.15) is 0 Å². The van der Waals surface area contributed by atoms with Crippen molar-refractivity contribution in [3.05, 3.63) is 51.5 Å². The van der Waals surface area contributed by atoms with Crippen molar-refractivity contribution in [1.82, 2.24) is 20.6 Å². The predicted molar refractivity (Wildman–Crippen MR) is 82.3 cm³/mol. The molecule has 0 bridgehead atoms. The fourth-order valence-electron chi connectivity index (χ4n) is 1.91. The molecule has 0 unspecified atom stereocenters. The zero-order chi connectivity index (χ0) is 14.7. The van der Waals surface area contributed by atoms with Gasteiger partial charge in [-0.3, -0.25) is 4.99 Å². The molecule has 0 fully saturated rings. The molecule has 2 aromatic heterocycles. The van der Waals surface area contributed by atoms with E-state index >= 15 is 0 Å². The van der Waals surface area contributed by atoms with Gasteiger partial charge in [-0.15, -0.1) is 21.5 Å². The van der Waals surface area contributed by atoms with Crippen LogP contribution >= 0.6 is 11.3 Å². The first-order valence-electron chi connectivity index (χ1n) is 6.40. The highest BCUT2D eigenvalue weighted by Gasteiger charge is 2.04. The molecule has 3 aromatic rings. The molecule has 0 saturated heterocycles. The minimum Gasteiger partial charge on any atom is -0.398 e. The Morgan fingerprint density at radius 3 is 2.95 bits per heavy atom. The fraction of sp³-hybridized carbons (Fsp3) is 0.143. The van der Waals surface area contributed by atoms with Crippen LogP contribution in [0.5, 0.6) is 0 Å². The Bertz CT molecular complexity index is 793. The molecule has 7 heteroatoms. The summed E-state index contributed by atoms with van der Waals surface area (Å²) in [6, 6.07) is 9.80. The Balaban J connectivity index is 2.08. The van der Waals surface area contributed by atoms with E-state index in [1.807, 2.05) is 36.6 Å². The Labute approximate surface area is 125 Å². The Hall–Kier alpha value is -2.54. The largest absolute Gasteiger partial charge is 0.398 e. The van der Waals surface area contributed by atoms with E-state index in [0.29, 0.717) is 18.1 Å². The Morgan fingerprint density at radius 1 is 1.33 bits per heavy atom. The van der Waals surface area contributed by atoms with Crippen molar-refractivity contribution in [3.63, 3.8) is 0 Å². The van der Waals surface area contributed by atoms with Crippen molar-refractivity contribution >= 4 is 17.0 Å². The molecule has 21 heavy (non-hydrogen) atoms. The minimum absolute atomic E-state index is 0.529. The van der Waals surface area contributed by atoms with Crippen LogP contribution in [0.15, 0.2) is 40.7 Å². The van der Waals surface area contributed by atoms with Crippen molar-refractivity contribution < 1.29 is 0 Å². The second-order valence-corrected chi connectivity index (χ2v) is 5.61. The lowest BCUT2D eigenvalue weighted by Gasteiger charge is -1.92. The first-order valence-corrected chi connectivity index (χ1v) is 7.28. The maximum absolute atomic E-state index is 6.05. The zero-order valence-corrected chi connectivity index (χ0v) is 12.3. The van der Waals surface area contributed by atoms with Gasteiger partial charge >= 0.3 is 0 Å². The van der Waals surface area contributed by atoms with E-state index in [2.05, 4.69) is 31.7 Å². The van der Waals surface area contributed by atoms with Crippen LogP contribution in [-0.4, -0.2) is 20.6 Å². The number of aromatic amines is 1. The van der Waals surface area contributed by atoms with Gasteiger partial charge in [-0.25, -0.2) is 0 Å². The number of nitrogens with zero attached hydrogens (tertiary/aromatic N) is 4. The standard InChI is InChI=1S/C14H14N6S/c1-9-5-10(14-17-19-20-18-14)6-11(7-13(9)15)16-8-12-3-2-4-21-12/h2-7H,8,15H2,1H3,(H,17,18,19,20). The van der Waals surface area contributed by atoms with Gasteiger partial charge in [0.2, 0.25) is 5.82 Å². The number of nitrogens with two attached hydrogens (primary N) is 1. The molecule has 106 valence electrons. The second-order valence-electron chi connectivity index (χ2n) is 4.58. The third-order valence-corrected chi connectivity index (χ3v) is 3.90. The van der Waals surface area contributed by atoms with E-state index in [4.69, 9.17) is 5.73 Å². The number of rotatable bonds is 3. The first kappa shape index (κ1) is 13.4. The van der Waals surface area contributed by atoms with E-state index in [1.165, 1.54) is 4.88 Å². The highest BCUT2D eigenvalue weighted by Crippen LogP contribution is 2.15. The number of nitrogen functional groups attached to an aromatic ring is 1. The fourth-order valence-corrected chi connectivity index (χ4v) is 2.54. The molecule has 0 spiro atoms. The normalized spacial score (nSPS) is 11.8. The molecule has 3 N–H and O–H groups in total. The average molecular weight is 298 g/mol. The minimum atomic E-state index is 0.529. The predicted octanol–water partition coefficient (Wildman–Crippen LogP) is 1.92. The molecule has 0 saturated carbocycles. The quantitative estimate of drug-likeness (QED) is 0.772. The van der Waals surface area contributed by atoms with Crippen molar-refractivity contribution in [2.45, 2.75) is 13.5 Å². The van der Waals surface area contributed by atoms with E-state index in [9.17, 15) is 0 Å². The number of nitrogens with one attached hydrogen (secondary N) is 1. The molecule has 0 aliphatic carbocycles. The summed E-state index contributed by atoms with van der Waals surface area (Å²) in [5.41, 5.74) is 8.53. The van der Waals surface area contributed by atoms with E-state index in [-0.39, 0.29) is 0 Å². The van der Waals surface area contributed by atoms with E-state index in [0.717, 1.165) is 16.5 Å². The van der Waals surface area contributed by atoms with Crippen LogP contribution in [0, 0.1) is 6.92 Å². The number of hydrogen-bond acceptors (Lipinski definition) is 6. The van der Waals surface area contributed by atoms with Crippen molar-refractivity contribution in [2.75, 3.05) is 5.73 Å². The highest BCUT2D eigenvalue weighted by atomic mass is 32.1. The number of hydrogen-bond donors (Lipinski definition) is 2. The van der Waals surface area contributed by atoms with Crippen LogP contribution in [0.25, 0.3) is 11.4 Å². The summed E-state index contributed by atoms with van der Waals surface area (Å²) in [5, 5.41) is 16.9. The monoisotopic (exact) mass is 298 g/mol. The molecule has 0 atom stereocenters. The topological polar surface area (TPSA) is 92.8 Å². The lowest BCUT2D eigenvalue weighted by Crippen LogP contribution is -2.00. The number of tetrazole rings is 1. The summed E-state index contributed by atoms with van der Waals surface area (Å²) in [4.78, 5) is 5.81. The van der Waals surface area contributed by atoms with Gasteiger partial charge in [-0.1, -0.05) is 6.07 Å². The van der Waals surface area contributed by atoms with Crippen LogP contribution in [0.1, 0.15) is 10.4 Å². The van der Waals surface area contributed by atoms with Crippen LogP contribution in [0.2, 0.25) is 0 Å². The molecule has 0 aliphatic heterocycles. The Kier molecular flexibility index (Phi) is 3.74. The highest BCUT2D eigenvalue weighted by molar-refractivity contribution is 7.09. The van der Waals surface area contributed by atoms with Crippen LogP contribution in [0.4, 0.5) is 5.69 Å². The van der Waals surface area contributed by atoms with E-state index in [1.54, 1.807) is 11.3 Å². The molecule has 0 amide bonds. The first-order chi connectivity index (χ1) is 10.2. The third kappa shape index (κ3) is 3.14. The molecular formula is C14H14N6S. The molecular weight excluding hydrogens is 284 g/mol. The van der Waals surface area contributed by atoms with E-state index < -0.39 is 0 Å². The summed E-state index contributed by atoms with van der Waals surface area (Å²) in [5.74, 6) is 0.529. The van der Waals surface area contributed by atoms with Crippen LogP contribution < -0.4 is 11.1 Å². The molecule has 0 aliphatic rings. The number of anilines is 1. The zero-order valence-electron chi connectivity index (χ0n) is 11.4. The molecule has 2 heterocycles. The molecule has 0 radical (unpaired) electrons. The lowest BCUT2D eigenvalue weighted by atomic mass is 10.2. The number of thiophene rings is 1. The van der Waals surface area contributed by atoms with Gasteiger partial charge in [0.15, 0.2) is 0 Å². The van der Waals surface area contributed by atoms with Gasteiger partial charge in [0.25, 0.3) is 0 Å². The van der Waals surface area contributed by atoms with Crippen molar-refractivity contribution in [3.8, 4) is 11.4 Å². The summed E-state index contributed by atoms with van der Waals surface area (Å²) < 4.78 is 0. The SMILES string of the molecule is Cc1cc(-c2nn[nH]n2)cc(=NCc2cccs2)cc1N. The molecule has 6 nitrogen and oxygen atoms in total. The van der Waals surface area contributed by atoms with Crippen molar-refractivity contribution in [1.29, 1.82) is 0 Å². The number of H-pyrrole nitrogens is 1. The summed E-state index contributed by atoms with van der Waals surface area (Å²) >= 11 is 1.68. The van der Waals surface area contributed by atoms with Gasteiger partial charge in [-0.05, 0) is 47.3 Å². The summed E-state index contributed by atoms with van der Waals surface area (Å²) in [6.07, 6.45) is 0. The summed E-state index contributed by atoms with van der Waals surface area (Å²) in [7, 11) is 0. The van der Waals surface area contributed by atoms with Crippen LogP contribution in [0.3, 0.4) is 0 Å². The summed E-state index contributed by atoms with van der Waals surface area (Å²) in [6.45, 7) is 2.58. The molecule has 1 aromatic carbocycles. The van der Waals surface area contributed by atoms with Gasteiger partial charge in [0.05, 0.1) is 11.9 Å². The maximum atomic E-state index is 6.05. The van der Waals surface area contributed by atoms with Gasteiger partial charge in [-0.2, -0.15) is 5.21 Å². The number of aryl methyl sites for hydroxylation is 1. The molecule has 3 rings (SSSR count). The second kappa shape index (κ2) is 5.84. The van der Waals surface area contributed by atoms with Gasteiger partial charge in [0, 0.05) is 16.1 Å². The van der Waals surface area contributed by atoms with Gasteiger partial charge < -0.3 is 5.73 Å². The van der Waals surface area contributed by atoms with Crippen LogP contribution in [-0.2, 0) is 6.54 Å².